The van der Waals surface area contributed by atoms with Gasteiger partial charge in [-0.15, -0.1) is 0 Å². The summed E-state index contributed by atoms with van der Waals surface area (Å²) in [5, 5.41) is 5.52. The van der Waals surface area contributed by atoms with E-state index in [9.17, 15) is 0 Å². The second-order valence-corrected chi connectivity index (χ2v) is 11.3. The monoisotopic (exact) mass is 449 g/mol. The number of rotatable bonds is 2. The van der Waals surface area contributed by atoms with E-state index < -0.39 is 0 Å². The normalized spacial score (nSPS) is 24.4. The van der Waals surface area contributed by atoms with Gasteiger partial charge in [0.05, 0.1) is 12.2 Å². The van der Waals surface area contributed by atoms with E-state index in [0.29, 0.717) is 5.92 Å². The van der Waals surface area contributed by atoms with Crippen molar-refractivity contribution in [3.63, 3.8) is 0 Å². The molecule has 6 rings (SSSR count). The average Bonchev–Trinajstić information content (AvgIpc) is 2.82. The van der Waals surface area contributed by atoms with Crippen molar-refractivity contribution in [2.75, 3.05) is 18.0 Å². The van der Waals surface area contributed by atoms with E-state index in [4.69, 9.17) is 4.74 Å². The molecule has 1 saturated heterocycles. The molecule has 34 heavy (non-hydrogen) atoms. The van der Waals surface area contributed by atoms with Crippen LogP contribution >= 0.6 is 0 Å². The predicted octanol–water partition coefficient (Wildman–Crippen LogP) is 7.52. The fourth-order valence-electron chi connectivity index (χ4n) is 6.57. The van der Waals surface area contributed by atoms with Crippen LogP contribution in [0.3, 0.4) is 0 Å². The van der Waals surface area contributed by atoms with Crippen molar-refractivity contribution in [2.24, 2.45) is 5.41 Å². The third-order valence-electron chi connectivity index (χ3n) is 8.19. The van der Waals surface area contributed by atoms with Gasteiger partial charge in [-0.2, -0.15) is 0 Å². The number of hydrogen-bond donors (Lipinski definition) is 0. The van der Waals surface area contributed by atoms with Crippen LogP contribution in [0.1, 0.15) is 50.3 Å². The molecule has 0 aromatic heterocycles. The number of ether oxygens (including phenoxy) is 1. The zero-order valence-electron chi connectivity index (χ0n) is 20.8. The second kappa shape index (κ2) is 8.13. The minimum absolute atomic E-state index is 0.192. The molecule has 3 atom stereocenters. The summed E-state index contributed by atoms with van der Waals surface area (Å²) >= 11 is 0. The summed E-state index contributed by atoms with van der Waals surface area (Å²) in [5.41, 5.74) is 6.07. The summed E-state index contributed by atoms with van der Waals surface area (Å²) in [5.74, 6) is 0.508. The van der Waals surface area contributed by atoms with Gasteiger partial charge in [0.1, 0.15) is 0 Å². The van der Waals surface area contributed by atoms with Crippen LogP contribution in [0.25, 0.3) is 21.5 Å². The molecule has 0 spiro atoms. The first kappa shape index (κ1) is 21.7. The Labute approximate surface area is 203 Å². The van der Waals surface area contributed by atoms with Crippen LogP contribution in [-0.4, -0.2) is 25.3 Å². The molecule has 1 aliphatic heterocycles. The van der Waals surface area contributed by atoms with Crippen molar-refractivity contribution in [3.05, 3.63) is 89.5 Å². The van der Waals surface area contributed by atoms with Crippen molar-refractivity contribution in [2.45, 2.75) is 58.7 Å². The second-order valence-electron chi connectivity index (χ2n) is 11.3. The Balaban J connectivity index is 1.38. The van der Waals surface area contributed by atoms with Crippen molar-refractivity contribution in [3.8, 4) is 0 Å². The van der Waals surface area contributed by atoms with Gasteiger partial charge in [-0.05, 0) is 88.4 Å². The van der Waals surface area contributed by atoms with Gasteiger partial charge >= 0.3 is 0 Å². The Bertz CT molecular complexity index is 1360. The number of anilines is 1. The summed E-state index contributed by atoms with van der Waals surface area (Å²) in [4.78, 5) is 2.50. The molecule has 1 fully saturated rings. The van der Waals surface area contributed by atoms with Crippen molar-refractivity contribution < 1.29 is 4.74 Å². The van der Waals surface area contributed by atoms with E-state index in [2.05, 4.69) is 105 Å². The molecular formula is C32H35NO. The summed E-state index contributed by atoms with van der Waals surface area (Å²) in [6.07, 6.45) is 2.76. The summed E-state index contributed by atoms with van der Waals surface area (Å²) in [6.45, 7) is 11.2. The summed E-state index contributed by atoms with van der Waals surface area (Å²) in [7, 11) is 0. The Hall–Kier alpha value is -2.84. The SMILES string of the molecule is CC1CN(c2cccc(C3Cc4ccc5c(ccc6ccccc65)c4CC3(C)C)c2)CC(C)O1. The minimum Gasteiger partial charge on any atom is -0.372 e. The fourth-order valence-corrected chi connectivity index (χ4v) is 6.57. The summed E-state index contributed by atoms with van der Waals surface area (Å²) in [6, 6.07) is 27.5. The number of fused-ring (bicyclic) bond motifs is 5. The molecule has 2 nitrogen and oxygen atoms in total. The van der Waals surface area contributed by atoms with E-state index in [1.165, 1.54) is 38.4 Å². The topological polar surface area (TPSA) is 12.5 Å². The van der Waals surface area contributed by atoms with E-state index in [1.54, 1.807) is 5.56 Å². The van der Waals surface area contributed by atoms with E-state index >= 15 is 0 Å². The van der Waals surface area contributed by atoms with Crippen LogP contribution in [0.15, 0.2) is 72.8 Å². The van der Waals surface area contributed by atoms with Gasteiger partial charge in [-0.25, -0.2) is 0 Å². The first-order valence-corrected chi connectivity index (χ1v) is 12.8. The average molecular weight is 450 g/mol. The van der Waals surface area contributed by atoms with Crippen LogP contribution in [-0.2, 0) is 17.6 Å². The smallest absolute Gasteiger partial charge is 0.0726 e. The molecule has 0 radical (unpaired) electrons. The third kappa shape index (κ3) is 3.69. The van der Waals surface area contributed by atoms with E-state index in [1.807, 2.05) is 0 Å². The third-order valence-corrected chi connectivity index (χ3v) is 8.19. The number of hydrogen-bond acceptors (Lipinski definition) is 2. The number of benzene rings is 4. The van der Waals surface area contributed by atoms with Gasteiger partial charge in [-0.3, -0.25) is 0 Å². The van der Waals surface area contributed by atoms with Gasteiger partial charge < -0.3 is 9.64 Å². The maximum Gasteiger partial charge on any atom is 0.0726 e. The fraction of sp³-hybridized carbons (Fsp3) is 0.375. The standard InChI is InChI=1S/C32H35NO/c1-21-19-33(20-22(2)34-21)26-10-7-9-25(16-26)31-17-24-13-15-28-27-11-6-5-8-23(27)12-14-29(28)30(24)18-32(31,3)4/h5-16,21-22,31H,17-20H2,1-4H3. The lowest BCUT2D eigenvalue weighted by atomic mass is 9.63. The van der Waals surface area contributed by atoms with Crippen LogP contribution in [0.2, 0.25) is 0 Å². The highest BCUT2D eigenvalue weighted by Crippen LogP contribution is 2.48. The van der Waals surface area contributed by atoms with E-state index in [-0.39, 0.29) is 17.6 Å². The largest absolute Gasteiger partial charge is 0.372 e. The lowest BCUT2D eigenvalue weighted by Gasteiger charge is -2.41. The minimum atomic E-state index is 0.192. The molecular weight excluding hydrogens is 414 g/mol. The maximum atomic E-state index is 5.98. The molecule has 4 aromatic carbocycles. The molecule has 3 unspecified atom stereocenters. The lowest BCUT2D eigenvalue weighted by molar-refractivity contribution is -0.00522. The molecule has 0 saturated carbocycles. The number of morpholine rings is 1. The van der Waals surface area contributed by atoms with Gasteiger partial charge in [0.25, 0.3) is 0 Å². The Morgan fingerprint density at radius 1 is 0.794 bits per heavy atom. The molecule has 0 N–H and O–H groups in total. The van der Waals surface area contributed by atoms with Gasteiger partial charge in [-0.1, -0.05) is 74.5 Å². The quantitative estimate of drug-likeness (QED) is 0.294. The zero-order chi connectivity index (χ0) is 23.4. The highest BCUT2D eigenvalue weighted by Gasteiger charge is 2.37. The van der Waals surface area contributed by atoms with Gasteiger partial charge in [0, 0.05) is 18.8 Å². The molecule has 174 valence electrons. The molecule has 1 aliphatic carbocycles. The van der Waals surface area contributed by atoms with Gasteiger partial charge in [0.15, 0.2) is 0 Å². The number of nitrogens with zero attached hydrogens (tertiary/aromatic N) is 1. The zero-order valence-corrected chi connectivity index (χ0v) is 20.8. The molecule has 4 aromatic rings. The van der Waals surface area contributed by atoms with Gasteiger partial charge in [0.2, 0.25) is 0 Å². The highest BCUT2D eigenvalue weighted by atomic mass is 16.5. The summed E-state index contributed by atoms with van der Waals surface area (Å²) < 4.78 is 5.98. The van der Waals surface area contributed by atoms with Crippen LogP contribution < -0.4 is 4.90 Å². The predicted molar refractivity (Wildman–Crippen MR) is 144 cm³/mol. The van der Waals surface area contributed by atoms with Crippen molar-refractivity contribution >= 4 is 27.2 Å². The van der Waals surface area contributed by atoms with Crippen LogP contribution in [0, 0.1) is 5.41 Å². The van der Waals surface area contributed by atoms with Crippen molar-refractivity contribution in [1.82, 2.24) is 0 Å². The van der Waals surface area contributed by atoms with E-state index in [0.717, 1.165) is 25.9 Å². The van der Waals surface area contributed by atoms with Crippen LogP contribution in [0.5, 0.6) is 0 Å². The Kier molecular flexibility index (Phi) is 5.18. The molecule has 1 heterocycles. The lowest BCUT2D eigenvalue weighted by Crippen LogP contribution is -2.45. The van der Waals surface area contributed by atoms with Crippen molar-refractivity contribution in [1.29, 1.82) is 0 Å². The Morgan fingerprint density at radius 2 is 1.56 bits per heavy atom. The molecule has 2 heteroatoms. The molecule has 0 bridgehead atoms. The Morgan fingerprint density at radius 3 is 2.38 bits per heavy atom. The first-order chi connectivity index (χ1) is 16.4. The first-order valence-electron chi connectivity index (χ1n) is 12.8. The maximum absolute atomic E-state index is 5.98. The highest BCUT2D eigenvalue weighted by molar-refractivity contribution is 6.08. The van der Waals surface area contributed by atoms with Crippen LogP contribution in [0.4, 0.5) is 5.69 Å². The molecule has 0 amide bonds. The molecule has 2 aliphatic rings.